The second-order valence-corrected chi connectivity index (χ2v) is 4.75. The Morgan fingerprint density at radius 2 is 1.86 bits per heavy atom. The maximum Gasteiger partial charge on any atom is 0.544 e. The van der Waals surface area contributed by atoms with Crippen LogP contribution in [0.5, 0.6) is 0 Å². The number of hydrogen-bond acceptors (Lipinski definition) is 4. The Morgan fingerprint density at radius 1 is 1.18 bits per heavy atom. The normalized spacial score (nSPS) is 11.5. The van der Waals surface area contributed by atoms with E-state index in [0.29, 0.717) is 22.7 Å². The van der Waals surface area contributed by atoms with Crippen LogP contribution in [0, 0.1) is 0 Å². The highest BCUT2D eigenvalue weighted by Crippen LogP contribution is 2.30. The summed E-state index contributed by atoms with van der Waals surface area (Å²) in [6.07, 6.45) is -3.22. The summed E-state index contributed by atoms with van der Waals surface area (Å²) in [5.41, 5.74) is 1.08. The fourth-order valence-electron chi connectivity index (χ4n) is 1.84. The molecule has 0 radical (unpaired) electrons. The zero-order valence-corrected chi connectivity index (χ0v) is 12.4. The first kappa shape index (κ1) is 16.5. The van der Waals surface area contributed by atoms with Gasteiger partial charge in [0.25, 0.3) is 0 Å². The Hall–Kier alpha value is -1.86. The number of aryl methyl sites for hydroxylation is 1. The number of hydroxylamine groups is 1. The van der Waals surface area contributed by atoms with Gasteiger partial charge in [-0.2, -0.15) is 4.84 Å². The standard InChI is InChI=1S/C14H13ClF3N3O/c1-2-11-12(15)13(20-9-19-11)21(22-14(16,17)18)8-10-6-4-3-5-7-10/h3-7,9H,2,8H2,1H3. The third-order valence-electron chi connectivity index (χ3n) is 2.80. The number of benzene rings is 1. The van der Waals surface area contributed by atoms with E-state index in [0.717, 1.165) is 6.33 Å². The van der Waals surface area contributed by atoms with E-state index in [2.05, 4.69) is 14.8 Å². The molecular formula is C14H13ClF3N3O. The Bertz CT molecular complexity index is 622. The first-order chi connectivity index (χ1) is 10.4. The third kappa shape index (κ3) is 4.32. The van der Waals surface area contributed by atoms with Crippen molar-refractivity contribution < 1.29 is 18.0 Å². The van der Waals surface area contributed by atoms with Crippen molar-refractivity contribution >= 4 is 17.4 Å². The van der Waals surface area contributed by atoms with Gasteiger partial charge in [0.1, 0.15) is 11.3 Å². The molecule has 0 saturated heterocycles. The number of alkyl halides is 3. The average molecular weight is 332 g/mol. The predicted molar refractivity (Wildman–Crippen MR) is 76.2 cm³/mol. The Balaban J connectivity index is 2.36. The quantitative estimate of drug-likeness (QED) is 0.771. The predicted octanol–water partition coefficient (Wildman–Crippen LogP) is 4.15. The van der Waals surface area contributed by atoms with E-state index in [9.17, 15) is 13.2 Å². The van der Waals surface area contributed by atoms with Crippen molar-refractivity contribution in [3.63, 3.8) is 0 Å². The molecule has 0 aliphatic carbocycles. The van der Waals surface area contributed by atoms with Crippen LogP contribution in [0.15, 0.2) is 36.7 Å². The highest BCUT2D eigenvalue weighted by atomic mass is 35.5. The number of halogens is 4. The monoisotopic (exact) mass is 331 g/mol. The molecular weight excluding hydrogens is 319 g/mol. The molecule has 22 heavy (non-hydrogen) atoms. The fraction of sp³-hybridized carbons (Fsp3) is 0.286. The lowest BCUT2D eigenvalue weighted by Gasteiger charge is -2.24. The van der Waals surface area contributed by atoms with Gasteiger partial charge in [0.05, 0.1) is 12.2 Å². The van der Waals surface area contributed by atoms with Crippen LogP contribution < -0.4 is 5.06 Å². The van der Waals surface area contributed by atoms with E-state index in [1.54, 1.807) is 37.3 Å². The highest BCUT2D eigenvalue weighted by Gasteiger charge is 2.35. The molecule has 0 unspecified atom stereocenters. The van der Waals surface area contributed by atoms with Crippen LogP contribution in [0.2, 0.25) is 5.02 Å². The van der Waals surface area contributed by atoms with Gasteiger partial charge in [-0.15, -0.1) is 13.2 Å². The molecule has 1 aromatic carbocycles. The first-order valence-electron chi connectivity index (χ1n) is 6.47. The molecule has 0 atom stereocenters. The number of hydrogen-bond donors (Lipinski definition) is 0. The van der Waals surface area contributed by atoms with Gasteiger partial charge in [0.2, 0.25) is 0 Å². The molecule has 1 aromatic heterocycles. The molecule has 0 N–H and O–H groups in total. The van der Waals surface area contributed by atoms with E-state index in [-0.39, 0.29) is 17.4 Å². The van der Waals surface area contributed by atoms with Crippen molar-refractivity contribution in [2.45, 2.75) is 26.3 Å². The number of aromatic nitrogens is 2. The number of rotatable bonds is 5. The van der Waals surface area contributed by atoms with Crippen LogP contribution in [-0.2, 0) is 17.8 Å². The summed E-state index contributed by atoms with van der Waals surface area (Å²) in [5, 5.41) is 0.670. The van der Waals surface area contributed by atoms with Gasteiger partial charge in [-0.05, 0) is 12.0 Å². The minimum atomic E-state index is -4.85. The SMILES string of the molecule is CCc1ncnc(N(Cc2ccccc2)OC(F)(F)F)c1Cl. The molecule has 1 heterocycles. The lowest BCUT2D eigenvalue weighted by atomic mass is 10.2. The summed E-state index contributed by atoms with van der Waals surface area (Å²) in [7, 11) is 0. The van der Waals surface area contributed by atoms with Crippen molar-refractivity contribution in [1.29, 1.82) is 0 Å². The van der Waals surface area contributed by atoms with Crippen LogP contribution in [0.3, 0.4) is 0 Å². The van der Waals surface area contributed by atoms with Crippen molar-refractivity contribution in [1.82, 2.24) is 9.97 Å². The molecule has 0 spiro atoms. The van der Waals surface area contributed by atoms with Gasteiger partial charge < -0.3 is 0 Å². The van der Waals surface area contributed by atoms with E-state index in [1.807, 2.05) is 0 Å². The molecule has 0 bridgehead atoms. The average Bonchev–Trinajstić information content (AvgIpc) is 2.46. The summed E-state index contributed by atoms with van der Waals surface area (Å²) in [4.78, 5) is 11.8. The van der Waals surface area contributed by atoms with Gasteiger partial charge in [0.15, 0.2) is 5.82 Å². The minimum absolute atomic E-state index is 0.0465. The van der Waals surface area contributed by atoms with Crippen molar-refractivity contribution in [3.05, 3.63) is 52.9 Å². The van der Waals surface area contributed by atoms with Gasteiger partial charge in [-0.3, -0.25) is 0 Å². The molecule has 2 rings (SSSR count). The summed E-state index contributed by atoms with van der Waals surface area (Å²) < 4.78 is 38.0. The maximum atomic E-state index is 12.7. The van der Waals surface area contributed by atoms with E-state index >= 15 is 0 Å². The molecule has 0 aliphatic heterocycles. The van der Waals surface area contributed by atoms with Gasteiger partial charge >= 0.3 is 6.36 Å². The maximum absolute atomic E-state index is 12.7. The van der Waals surface area contributed by atoms with E-state index < -0.39 is 6.36 Å². The van der Waals surface area contributed by atoms with Crippen molar-refractivity contribution in [2.75, 3.05) is 5.06 Å². The fourth-order valence-corrected chi connectivity index (χ4v) is 2.17. The van der Waals surface area contributed by atoms with Crippen LogP contribution in [0.1, 0.15) is 18.2 Å². The Kier molecular flexibility index (Phi) is 5.20. The Morgan fingerprint density at radius 3 is 2.45 bits per heavy atom. The summed E-state index contributed by atoms with van der Waals surface area (Å²) >= 11 is 6.08. The zero-order chi connectivity index (χ0) is 16.2. The Labute approximate surface area is 130 Å². The lowest BCUT2D eigenvalue weighted by Crippen LogP contribution is -2.32. The number of anilines is 1. The van der Waals surface area contributed by atoms with E-state index in [1.165, 1.54) is 0 Å². The molecule has 2 aromatic rings. The molecule has 8 heteroatoms. The number of nitrogens with zero attached hydrogens (tertiary/aromatic N) is 3. The molecule has 0 saturated carbocycles. The van der Waals surface area contributed by atoms with Crippen LogP contribution in [-0.4, -0.2) is 16.3 Å². The third-order valence-corrected chi connectivity index (χ3v) is 3.18. The van der Waals surface area contributed by atoms with Crippen LogP contribution in [0.25, 0.3) is 0 Å². The smallest absolute Gasteiger partial charge is 0.240 e. The molecule has 0 fully saturated rings. The van der Waals surface area contributed by atoms with Gasteiger partial charge in [0, 0.05) is 0 Å². The van der Waals surface area contributed by atoms with Gasteiger partial charge in [-0.1, -0.05) is 48.9 Å². The molecule has 0 aliphatic rings. The molecule has 4 nitrogen and oxygen atoms in total. The molecule has 0 amide bonds. The van der Waals surface area contributed by atoms with Crippen molar-refractivity contribution in [2.24, 2.45) is 0 Å². The van der Waals surface area contributed by atoms with Crippen LogP contribution in [0.4, 0.5) is 19.0 Å². The lowest BCUT2D eigenvalue weighted by molar-refractivity contribution is -0.331. The van der Waals surface area contributed by atoms with Crippen molar-refractivity contribution in [3.8, 4) is 0 Å². The summed E-state index contributed by atoms with van der Waals surface area (Å²) in [6, 6.07) is 8.58. The van der Waals surface area contributed by atoms with Gasteiger partial charge in [-0.25, -0.2) is 15.0 Å². The minimum Gasteiger partial charge on any atom is -0.240 e. The summed E-state index contributed by atoms with van der Waals surface area (Å²) in [5.74, 6) is -0.116. The highest BCUT2D eigenvalue weighted by molar-refractivity contribution is 6.33. The van der Waals surface area contributed by atoms with E-state index in [4.69, 9.17) is 11.6 Å². The summed E-state index contributed by atoms with van der Waals surface area (Å²) in [6.45, 7) is 1.64. The topological polar surface area (TPSA) is 38.2 Å². The largest absolute Gasteiger partial charge is 0.544 e. The first-order valence-corrected chi connectivity index (χ1v) is 6.85. The zero-order valence-electron chi connectivity index (χ0n) is 11.6. The second kappa shape index (κ2) is 6.93. The molecule has 118 valence electrons. The second-order valence-electron chi connectivity index (χ2n) is 4.37. The van der Waals surface area contributed by atoms with Crippen LogP contribution >= 0.6 is 11.6 Å².